The van der Waals surface area contributed by atoms with E-state index in [1.807, 2.05) is 31.2 Å². The molecule has 0 bridgehead atoms. The summed E-state index contributed by atoms with van der Waals surface area (Å²) >= 11 is 3.38. The molecule has 2 atom stereocenters. The molecule has 1 aromatic heterocycles. The van der Waals surface area contributed by atoms with Crippen LogP contribution in [0.4, 0.5) is 0 Å². The Morgan fingerprint density at radius 1 is 1.33 bits per heavy atom. The number of aromatic nitrogens is 1. The van der Waals surface area contributed by atoms with Crippen molar-refractivity contribution in [2.75, 3.05) is 13.1 Å². The molecular formula is C17H17BrN2O4. The second kappa shape index (κ2) is 6.76. The lowest BCUT2D eigenvalue weighted by Crippen LogP contribution is -2.30. The van der Waals surface area contributed by atoms with Gasteiger partial charge in [0, 0.05) is 29.9 Å². The molecule has 126 valence electrons. The third-order valence-corrected chi connectivity index (χ3v) is 4.92. The van der Waals surface area contributed by atoms with Crippen molar-refractivity contribution < 1.29 is 19.1 Å². The van der Waals surface area contributed by atoms with Crippen molar-refractivity contribution in [2.45, 2.75) is 19.3 Å². The van der Waals surface area contributed by atoms with Crippen molar-refractivity contribution in [2.24, 2.45) is 5.92 Å². The molecule has 0 unspecified atom stereocenters. The van der Waals surface area contributed by atoms with E-state index in [0.717, 1.165) is 10.0 Å². The zero-order chi connectivity index (χ0) is 17.3. The highest BCUT2D eigenvalue weighted by Gasteiger charge is 2.41. The van der Waals surface area contributed by atoms with E-state index in [4.69, 9.17) is 4.42 Å². The van der Waals surface area contributed by atoms with Gasteiger partial charge in [0.15, 0.2) is 12.1 Å². The number of halogens is 1. The number of carbonyl (C=O) groups is 2. The van der Waals surface area contributed by atoms with Gasteiger partial charge in [-0.3, -0.25) is 9.59 Å². The van der Waals surface area contributed by atoms with Crippen LogP contribution in [0.1, 0.15) is 34.7 Å². The van der Waals surface area contributed by atoms with Gasteiger partial charge in [-0.2, -0.15) is 0 Å². The van der Waals surface area contributed by atoms with Crippen LogP contribution in [-0.4, -0.2) is 40.0 Å². The average Bonchev–Trinajstić information content (AvgIpc) is 3.21. The standard InChI is InChI=1S/C17H17BrN2O4/c1-2-14-15(19-9-24-14)16(21)20-7-12(13(8-20)17(22)23)10-3-5-11(18)6-4-10/h3-6,9,12-13H,2,7-8H2,1H3,(H,22,23)/t12-,13+/m1/s1. The van der Waals surface area contributed by atoms with Crippen molar-refractivity contribution in [1.82, 2.24) is 9.88 Å². The Morgan fingerprint density at radius 2 is 2.04 bits per heavy atom. The van der Waals surface area contributed by atoms with Crippen molar-refractivity contribution in [3.05, 3.63) is 52.1 Å². The molecule has 1 aliphatic rings. The second-order valence-corrected chi connectivity index (χ2v) is 6.71. The second-order valence-electron chi connectivity index (χ2n) is 5.79. The summed E-state index contributed by atoms with van der Waals surface area (Å²) in [7, 11) is 0. The molecule has 2 aromatic rings. The maximum Gasteiger partial charge on any atom is 0.308 e. The summed E-state index contributed by atoms with van der Waals surface area (Å²) in [6.45, 7) is 2.41. The van der Waals surface area contributed by atoms with E-state index in [1.54, 1.807) is 4.90 Å². The molecular weight excluding hydrogens is 376 g/mol. The Morgan fingerprint density at radius 3 is 2.67 bits per heavy atom. The van der Waals surface area contributed by atoms with E-state index in [9.17, 15) is 14.7 Å². The SMILES string of the molecule is CCc1ocnc1C(=O)N1C[C@H](C(=O)O)[C@@H](c2ccc(Br)cc2)C1. The van der Waals surface area contributed by atoms with Gasteiger partial charge in [0.2, 0.25) is 0 Å². The quantitative estimate of drug-likeness (QED) is 0.864. The van der Waals surface area contributed by atoms with Crippen LogP contribution in [-0.2, 0) is 11.2 Å². The Labute approximate surface area is 147 Å². The number of carboxylic acids is 1. The van der Waals surface area contributed by atoms with Crippen molar-refractivity contribution in [1.29, 1.82) is 0 Å². The Kier molecular flexibility index (Phi) is 4.71. The van der Waals surface area contributed by atoms with Crippen LogP contribution in [0.3, 0.4) is 0 Å². The Bertz CT molecular complexity index is 756. The molecule has 0 saturated carbocycles. The van der Waals surface area contributed by atoms with Crippen LogP contribution in [0.25, 0.3) is 0 Å². The number of aryl methyl sites for hydroxylation is 1. The van der Waals surface area contributed by atoms with Gasteiger partial charge in [-0.1, -0.05) is 35.0 Å². The Hall–Kier alpha value is -2.15. The van der Waals surface area contributed by atoms with Gasteiger partial charge in [-0.15, -0.1) is 0 Å². The predicted molar refractivity (Wildman–Crippen MR) is 89.8 cm³/mol. The molecule has 1 amide bonds. The third-order valence-electron chi connectivity index (χ3n) is 4.39. The van der Waals surface area contributed by atoms with E-state index in [-0.39, 0.29) is 24.1 Å². The number of rotatable bonds is 4. The normalized spacial score (nSPS) is 20.3. The van der Waals surface area contributed by atoms with E-state index in [0.29, 0.717) is 18.7 Å². The first-order valence-electron chi connectivity index (χ1n) is 7.71. The number of likely N-dealkylation sites (tertiary alicyclic amines) is 1. The molecule has 7 heteroatoms. The fourth-order valence-corrected chi connectivity index (χ4v) is 3.38. The summed E-state index contributed by atoms with van der Waals surface area (Å²) in [5.74, 6) is -1.51. The summed E-state index contributed by atoms with van der Waals surface area (Å²) < 4.78 is 6.14. The highest BCUT2D eigenvalue weighted by molar-refractivity contribution is 9.10. The topological polar surface area (TPSA) is 83.6 Å². The first-order valence-corrected chi connectivity index (χ1v) is 8.50. The van der Waals surface area contributed by atoms with Gasteiger partial charge in [0.1, 0.15) is 5.76 Å². The average molecular weight is 393 g/mol. The smallest absolute Gasteiger partial charge is 0.308 e. The summed E-state index contributed by atoms with van der Waals surface area (Å²) in [6.07, 6.45) is 1.82. The van der Waals surface area contributed by atoms with Gasteiger partial charge in [0.05, 0.1) is 5.92 Å². The lowest BCUT2D eigenvalue weighted by molar-refractivity contribution is -0.141. The third kappa shape index (κ3) is 3.08. The fourth-order valence-electron chi connectivity index (χ4n) is 3.11. The number of benzene rings is 1. The maximum absolute atomic E-state index is 12.7. The number of oxazole rings is 1. The fraction of sp³-hybridized carbons (Fsp3) is 0.353. The zero-order valence-corrected chi connectivity index (χ0v) is 14.7. The molecule has 24 heavy (non-hydrogen) atoms. The van der Waals surface area contributed by atoms with Gasteiger partial charge >= 0.3 is 5.97 Å². The number of amides is 1. The predicted octanol–water partition coefficient (Wildman–Crippen LogP) is 2.94. The molecule has 1 aliphatic heterocycles. The number of hydrogen-bond acceptors (Lipinski definition) is 4. The molecule has 0 aliphatic carbocycles. The lowest BCUT2D eigenvalue weighted by Gasteiger charge is -2.16. The van der Waals surface area contributed by atoms with E-state index in [2.05, 4.69) is 20.9 Å². The largest absolute Gasteiger partial charge is 0.481 e. The van der Waals surface area contributed by atoms with Gasteiger partial charge in [-0.05, 0) is 17.7 Å². The van der Waals surface area contributed by atoms with Crippen LogP contribution < -0.4 is 0 Å². The molecule has 6 nitrogen and oxygen atoms in total. The summed E-state index contributed by atoms with van der Waals surface area (Å²) in [5, 5.41) is 9.55. The van der Waals surface area contributed by atoms with Crippen LogP contribution >= 0.6 is 15.9 Å². The molecule has 1 N–H and O–H groups in total. The molecule has 2 heterocycles. The molecule has 0 spiro atoms. The summed E-state index contributed by atoms with van der Waals surface area (Å²) in [6, 6.07) is 7.55. The van der Waals surface area contributed by atoms with Crippen molar-refractivity contribution in [3.8, 4) is 0 Å². The van der Waals surface area contributed by atoms with Crippen LogP contribution in [0.5, 0.6) is 0 Å². The molecule has 1 saturated heterocycles. The van der Waals surface area contributed by atoms with E-state index < -0.39 is 11.9 Å². The minimum Gasteiger partial charge on any atom is -0.481 e. The summed E-state index contributed by atoms with van der Waals surface area (Å²) in [4.78, 5) is 29.9. The number of hydrogen-bond donors (Lipinski definition) is 1. The molecule has 1 aromatic carbocycles. The number of nitrogens with zero attached hydrogens (tertiary/aromatic N) is 2. The van der Waals surface area contributed by atoms with Gasteiger partial charge in [-0.25, -0.2) is 4.98 Å². The van der Waals surface area contributed by atoms with Crippen molar-refractivity contribution >= 4 is 27.8 Å². The highest BCUT2D eigenvalue weighted by atomic mass is 79.9. The van der Waals surface area contributed by atoms with Gasteiger partial charge < -0.3 is 14.4 Å². The first kappa shape index (κ1) is 16.7. The molecule has 0 radical (unpaired) electrons. The number of aliphatic carboxylic acids is 1. The van der Waals surface area contributed by atoms with Gasteiger partial charge in [0.25, 0.3) is 5.91 Å². The van der Waals surface area contributed by atoms with Crippen molar-refractivity contribution in [3.63, 3.8) is 0 Å². The number of carbonyl (C=O) groups excluding carboxylic acids is 1. The zero-order valence-electron chi connectivity index (χ0n) is 13.1. The summed E-state index contributed by atoms with van der Waals surface area (Å²) in [5.41, 5.74) is 1.19. The molecule has 1 fully saturated rings. The van der Waals surface area contributed by atoms with E-state index in [1.165, 1.54) is 6.39 Å². The van der Waals surface area contributed by atoms with Crippen LogP contribution in [0, 0.1) is 5.92 Å². The Balaban J connectivity index is 1.86. The molecule has 3 rings (SSSR count). The minimum absolute atomic E-state index is 0.172. The number of carboxylic acid groups (broad SMARTS) is 1. The monoisotopic (exact) mass is 392 g/mol. The lowest BCUT2D eigenvalue weighted by atomic mass is 9.89. The van der Waals surface area contributed by atoms with E-state index >= 15 is 0 Å². The minimum atomic E-state index is -0.894. The first-order chi connectivity index (χ1) is 11.5. The highest BCUT2D eigenvalue weighted by Crippen LogP contribution is 2.34. The maximum atomic E-state index is 12.7. The van der Waals surface area contributed by atoms with Crippen LogP contribution in [0.15, 0.2) is 39.5 Å². The van der Waals surface area contributed by atoms with Crippen LogP contribution in [0.2, 0.25) is 0 Å².